The highest BCUT2D eigenvalue weighted by atomic mass is 15.5. The van der Waals surface area contributed by atoms with Gasteiger partial charge in [-0.3, -0.25) is 0 Å². The number of hydrogen-bond donors (Lipinski definition) is 1. The van der Waals surface area contributed by atoms with Crippen molar-refractivity contribution in [1.82, 2.24) is 24.8 Å². The van der Waals surface area contributed by atoms with Crippen molar-refractivity contribution < 1.29 is 0 Å². The minimum atomic E-state index is 0.0682. The van der Waals surface area contributed by atoms with Gasteiger partial charge < -0.3 is 5.32 Å². The summed E-state index contributed by atoms with van der Waals surface area (Å²) in [5, 5.41) is 16.5. The van der Waals surface area contributed by atoms with Crippen LogP contribution >= 0.6 is 0 Å². The Morgan fingerprint density at radius 1 is 1.09 bits per heavy atom. The summed E-state index contributed by atoms with van der Waals surface area (Å²) in [6.07, 6.45) is 3.64. The van der Waals surface area contributed by atoms with Crippen molar-refractivity contribution in [3.05, 3.63) is 53.1 Å². The lowest BCUT2D eigenvalue weighted by Crippen LogP contribution is -2.09. The van der Waals surface area contributed by atoms with Crippen molar-refractivity contribution in [2.24, 2.45) is 7.05 Å². The molecule has 0 aliphatic carbocycles. The molecule has 3 rings (SSSR count). The van der Waals surface area contributed by atoms with Gasteiger partial charge in [-0.05, 0) is 44.9 Å². The van der Waals surface area contributed by atoms with Gasteiger partial charge in [-0.15, -0.1) is 0 Å². The van der Waals surface area contributed by atoms with Crippen LogP contribution in [0, 0.1) is 20.8 Å². The van der Waals surface area contributed by atoms with E-state index >= 15 is 0 Å². The van der Waals surface area contributed by atoms with E-state index in [1.807, 2.05) is 17.9 Å². The quantitative estimate of drug-likeness (QED) is 0.804. The number of nitrogens with zero attached hydrogens (tertiary/aromatic N) is 5. The molecule has 1 unspecified atom stereocenters. The van der Waals surface area contributed by atoms with Crippen LogP contribution in [0.15, 0.2) is 30.6 Å². The summed E-state index contributed by atoms with van der Waals surface area (Å²) in [5.74, 6) is 0. The van der Waals surface area contributed by atoms with E-state index in [4.69, 9.17) is 0 Å². The molecule has 0 saturated heterocycles. The largest absolute Gasteiger partial charge is 0.374 e. The molecule has 6 heteroatoms. The Kier molecular flexibility index (Phi) is 3.90. The molecule has 0 aliphatic heterocycles. The lowest BCUT2D eigenvalue weighted by Gasteiger charge is -2.13. The standard InChI is InChI=1S/C17H22N6/c1-11-6-7-12(2)17(8-11)23-14(4)16(10-19-23)20-13(3)15-9-18-22(5)21-15/h6-10,13,20H,1-5H3. The van der Waals surface area contributed by atoms with Crippen LogP contribution in [0.2, 0.25) is 0 Å². The molecule has 1 aromatic carbocycles. The molecule has 6 nitrogen and oxygen atoms in total. The van der Waals surface area contributed by atoms with Gasteiger partial charge >= 0.3 is 0 Å². The highest BCUT2D eigenvalue weighted by Gasteiger charge is 2.14. The summed E-state index contributed by atoms with van der Waals surface area (Å²) in [6, 6.07) is 6.47. The van der Waals surface area contributed by atoms with Crippen LogP contribution in [0.4, 0.5) is 5.69 Å². The fourth-order valence-electron chi connectivity index (χ4n) is 2.61. The molecule has 1 N–H and O–H groups in total. The second kappa shape index (κ2) is 5.87. The highest BCUT2D eigenvalue weighted by molar-refractivity contribution is 5.52. The summed E-state index contributed by atoms with van der Waals surface area (Å²) >= 11 is 0. The molecule has 0 saturated carbocycles. The zero-order chi connectivity index (χ0) is 16.6. The molecule has 0 bridgehead atoms. The Balaban J connectivity index is 1.89. The van der Waals surface area contributed by atoms with E-state index in [0.29, 0.717) is 0 Å². The lowest BCUT2D eigenvalue weighted by atomic mass is 10.1. The second-order valence-electron chi connectivity index (χ2n) is 5.97. The molecular weight excluding hydrogens is 288 g/mol. The lowest BCUT2D eigenvalue weighted by molar-refractivity contribution is 0.638. The summed E-state index contributed by atoms with van der Waals surface area (Å²) in [7, 11) is 1.82. The van der Waals surface area contributed by atoms with Gasteiger partial charge in [-0.1, -0.05) is 12.1 Å². The van der Waals surface area contributed by atoms with Gasteiger partial charge in [0.05, 0.1) is 35.5 Å². The van der Waals surface area contributed by atoms with E-state index < -0.39 is 0 Å². The van der Waals surface area contributed by atoms with Crippen molar-refractivity contribution in [3.63, 3.8) is 0 Å². The maximum atomic E-state index is 4.55. The number of hydrogen-bond acceptors (Lipinski definition) is 4. The maximum Gasteiger partial charge on any atom is 0.105 e. The summed E-state index contributed by atoms with van der Waals surface area (Å²) in [5.41, 5.74) is 6.53. The monoisotopic (exact) mass is 310 g/mol. The molecule has 0 spiro atoms. The predicted molar refractivity (Wildman–Crippen MR) is 90.8 cm³/mol. The van der Waals surface area contributed by atoms with Gasteiger partial charge in [0.15, 0.2) is 0 Å². The van der Waals surface area contributed by atoms with Gasteiger partial charge in [0.2, 0.25) is 0 Å². The van der Waals surface area contributed by atoms with E-state index in [2.05, 4.69) is 66.5 Å². The molecule has 0 amide bonds. The number of anilines is 1. The zero-order valence-corrected chi connectivity index (χ0v) is 14.2. The van der Waals surface area contributed by atoms with Crippen LogP contribution < -0.4 is 5.32 Å². The smallest absolute Gasteiger partial charge is 0.105 e. The predicted octanol–water partition coefficient (Wildman–Crippen LogP) is 3.10. The molecule has 3 aromatic rings. The molecule has 0 fully saturated rings. The van der Waals surface area contributed by atoms with Crippen molar-refractivity contribution in [3.8, 4) is 5.69 Å². The minimum absolute atomic E-state index is 0.0682. The number of rotatable bonds is 4. The van der Waals surface area contributed by atoms with Gasteiger partial charge in [0.25, 0.3) is 0 Å². The normalized spacial score (nSPS) is 12.4. The first-order valence-electron chi connectivity index (χ1n) is 7.70. The molecule has 0 aliphatic rings. The van der Waals surface area contributed by atoms with Crippen LogP contribution in [0.3, 0.4) is 0 Å². The van der Waals surface area contributed by atoms with Gasteiger partial charge in [-0.2, -0.15) is 20.1 Å². The third-order valence-corrected chi connectivity index (χ3v) is 4.04. The number of nitrogens with one attached hydrogen (secondary N) is 1. The number of aromatic nitrogens is 5. The topological polar surface area (TPSA) is 60.6 Å². The summed E-state index contributed by atoms with van der Waals surface area (Å²) < 4.78 is 1.98. The van der Waals surface area contributed by atoms with E-state index in [9.17, 15) is 0 Å². The maximum absolute atomic E-state index is 4.55. The van der Waals surface area contributed by atoms with Crippen LogP contribution in [0.1, 0.15) is 35.5 Å². The average Bonchev–Trinajstić information content (AvgIpc) is 3.09. The van der Waals surface area contributed by atoms with Crippen molar-refractivity contribution in [2.45, 2.75) is 33.7 Å². The Morgan fingerprint density at radius 3 is 2.57 bits per heavy atom. The van der Waals surface area contributed by atoms with E-state index in [-0.39, 0.29) is 6.04 Å². The van der Waals surface area contributed by atoms with Crippen LogP contribution in [0.25, 0.3) is 5.69 Å². The number of benzene rings is 1. The average molecular weight is 310 g/mol. The molecule has 23 heavy (non-hydrogen) atoms. The third-order valence-electron chi connectivity index (χ3n) is 4.04. The molecule has 0 radical (unpaired) electrons. The Morgan fingerprint density at radius 2 is 1.87 bits per heavy atom. The first-order chi connectivity index (χ1) is 11.0. The van der Waals surface area contributed by atoms with Crippen LogP contribution in [0.5, 0.6) is 0 Å². The molecule has 2 aromatic heterocycles. The van der Waals surface area contributed by atoms with Crippen molar-refractivity contribution in [1.29, 1.82) is 0 Å². The third kappa shape index (κ3) is 2.97. The number of aryl methyl sites for hydroxylation is 3. The van der Waals surface area contributed by atoms with E-state index in [0.717, 1.165) is 22.8 Å². The molecule has 1 atom stereocenters. The summed E-state index contributed by atoms with van der Waals surface area (Å²) in [6.45, 7) is 8.33. The van der Waals surface area contributed by atoms with Gasteiger partial charge in [-0.25, -0.2) is 4.68 Å². The second-order valence-corrected chi connectivity index (χ2v) is 5.97. The van der Waals surface area contributed by atoms with Crippen LogP contribution in [-0.2, 0) is 7.05 Å². The van der Waals surface area contributed by atoms with Crippen LogP contribution in [-0.4, -0.2) is 24.8 Å². The summed E-state index contributed by atoms with van der Waals surface area (Å²) in [4.78, 5) is 1.57. The van der Waals surface area contributed by atoms with Crippen molar-refractivity contribution in [2.75, 3.05) is 5.32 Å². The Hall–Kier alpha value is -2.63. The SMILES string of the molecule is Cc1ccc(C)c(-n2ncc(NC(C)c3cnn(C)n3)c2C)c1. The van der Waals surface area contributed by atoms with Gasteiger partial charge in [0, 0.05) is 7.05 Å². The Labute approximate surface area is 136 Å². The van der Waals surface area contributed by atoms with E-state index in [1.54, 1.807) is 11.0 Å². The fraction of sp³-hybridized carbons (Fsp3) is 0.353. The van der Waals surface area contributed by atoms with Crippen molar-refractivity contribution >= 4 is 5.69 Å². The fourth-order valence-corrected chi connectivity index (χ4v) is 2.61. The zero-order valence-electron chi connectivity index (χ0n) is 14.2. The first-order valence-corrected chi connectivity index (χ1v) is 7.70. The molecular formula is C17H22N6. The first kappa shape index (κ1) is 15.3. The van der Waals surface area contributed by atoms with E-state index in [1.165, 1.54) is 11.1 Å². The van der Waals surface area contributed by atoms with Gasteiger partial charge in [0.1, 0.15) is 5.69 Å². The minimum Gasteiger partial charge on any atom is -0.374 e. The highest BCUT2D eigenvalue weighted by Crippen LogP contribution is 2.24. The Bertz CT molecular complexity index is 829. The molecule has 120 valence electrons. The molecule has 2 heterocycles.